The molecule has 20 heavy (non-hydrogen) atoms. The average molecular weight is 358 g/mol. The normalized spacial score (nSPS) is 15.5. The van der Waals surface area contributed by atoms with Crippen molar-refractivity contribution < 1.29 is 14.3 Å². The minimum atomic E-state index is -0.728. The number of thioether (sulfide) groups is 1. The molecule has 1 aliphatic carbocycles. The molecule has 1 unspecified atom stereocenters. The Hall–Kier alpha value is -1.01. The molecule has 1 amide bonds. The Morgan fingerprint density at radius 3 is 2.65 bits per heavy atom. The van der Waals surface area contributed by atoms with Gasteiger partial charge in [-0.25, -0.2) is 0 Å². The second kappa shape index (κ2) is 7.13. The van der Waals surface area contributed by atoms with Crippen molar-refractivity contribution in [3.8, 4) is 0 Å². The lowest BCUT2D eigenvalue weighted by molar-refractivity contribution is -0.152. The monoisotopic (exact) mass is 357 g/mol. The van der Waals surface area contributed by atoms with Gasteiger partial charge in [0.25, 0.3) is 5.91 Å². The highest BCUT2D eigenvalue weighted by Gasteiger charge is 2.27. The van der Waals surface area contributed by atoms with E-state index in [-0.39, 0.29) is 23.7 Å². The van der Waals surface area contributed by atoms with Crippen LogP contribution in [0.1, 0.15) is 19.8 Å². The summed E-state index contributed by atoms with van der Waals surface area (Å²) >= 11 is 4.74. The van der Waals surface area contributed by atoms with E-state index in [1.54, 1.807) is 6.92 Å². The van der Waals surface area contributed by atoms with Gasteiger partial charge in [0.2, 0.25) is 0 Å². The van der Waals surface area contributed by atoms with E-state index in [1.165, 1.54) is 11.8 Å². The fourth-order valence-electron chi connectivity index (χ4n) is 1.50. The van der Waals surface area contributed by atoms with Gasteiger partial charge in [0, 0.05) is 15.4 Å². The first kappa shape index (κ1) is 15.4. The van der Waals surface area contributed by atoms with E-state index in [2.05, 4.69) is 21.2 Å². The van der Waals surface area contributed by atoms with Gasteiger partial charge in [0.1, 0.15) is 0 Å². The van der Waals surface area contributed by atoms with E-state index in [9.17, 15) is 9.59 Å². The van der Waals surface area contributed by atoms with Crippen LogP contribution in [-0.2, 0) is 14.3 Å². The zero-order valence-corrected chi connectivity index (χ0v) is 13.5. The SMILES string of the molecule is CC(OC(=O)CSc1ccc(Br)cc1)C(=O)NC1CC1. The van der Waals surface area contributed by atoms with Gasteiger partial charge >= 0.3 is 5.97 Å². The molecule has 1 fully saturated rings. The summed E-state index contributed by atoms with van der Waals surface area (Å²) in [4.78, 5) is 24.3. The van der Waals surface area contributed by atoms with Crippen molar-refractivity contribution in [1.29, 1.82) is 0 Å². The van der Waals surface area contributed by atoms with Crippen LogP contribution >= 0.6 is 27.7 Å². The Morgan fingerprint density at radius 2 is 2.05 bits per heavy atom. The van der Waals surface area contributed by atoms with Crippen molar-refractivity contribution in [2.24, 2.45) is 0 Å². The molecule has 0 saturated heterocycles. The molecule has 0 spiro atoms. The summed E-state index contributed by atoms with van der Waals surface area (Å²) in [5, 5.41) is 2.81. The molecule has 6 heteroatoms. The number of halogens is 1. The third-order valence-corrected chi connectivity index (χ3v) is 4.29. The molecule has 1 atom stereocenters. The number of hydrogen-bond donors (Lipinski definition) is 1. The molecule has 0 heterocycles. The number of hydrogen-bond acceptors (Lipinski definition) is 4. The molecule has 1 aromatic rings. The molecule has 1 aromatic carbocycles. The molecule has 0 aromatic heterocycles. The van der Waals surface area contributed by atoms with Gasteiger partial charge in [0.15, 0.2) is 6.10 Å². The fourth-order valence-corrected chi connectivity index (χ4v) is 2.45. The van der Waals surface area contributed by atoms with E-state index in [0.717, 1.165) is 22.2 Å². The van der Waals surface area contributed by atoms with E-state index < -0.39 is 6.10 Å². The molecule has 1 saturated carbocycles. The summed E-state index contributed by atoms with van der Waals surface area (Å²) in [5.41, 5.74) is 0. The van der Waals surface area contributed by atoms with Gasteiger partial charge < -0.3 is 10.1 Å². The van der Waals surface area contributed by atoms with Crippen LogP contribution in [0.15, 0.2) is 33.6 Å². The summed E-state index contributed by atoms with van der Waals surface area (Å²) < 4.78 is 6.10. The zero-order valence-electron chi connectivity index (χ0n) is 11.1. The van der Waals surface area contributed by atoms with Gasteiger partial charge in [-0.05, 0) is 44.0 Å². The van der Waals surface area contributed by atoms with Crippen molar-refractivity contribution in [3.05, 3.63) is 28.7 Å². The van der Waals surface area contributed by atoms with Gasteiger partial charge in [-0.2, -0.15) is 0 Å². The number of esters is 1. The van der Waals surface area contributed by atoms with E-state index >= 15 is 0 Å². The number of ether oxygens (including phenoxy) is 1. The Kier molecular flexibility index (Phi) is 5.48. The Balaban J connectivity index is 1.71. The molecular weight excluding hydrogens is 342 g/mol. The lowest BCUT2D eigenvalue weighted by Gasteiger charge is -2.12. The van der Waals surface area contributed by atoms with Crippen LogP contribution in [0.2, 0.25) is 0 Å². The molecule has 4 nitrogen and oxygen atoms in total. The maximum Gasteiger partial charge on any atom is 0.317 e. The largest absolute Gasteiger partial charge is 0.452 e. The van der Waals surface area contributed by atoms with Gasteiger partial charge in [-0.1, -0.05) is 15.9 Å². The summed E-state index contributed by atoms with van der Waals surface area (Å²) in [6, 6.07) is 7.95. The number of amides is 1. The summed E-state index contributed by atoms with van der Waals surface area (Å²) in [6.07, 6.45) is 1.31. The minimum Gasteiger partial charge on any atom is -0.452 e. The lowest BCUT2D eigenvalue weighted by atomic mass is 10.3. The molecule has 0 bridgehead atoms. The van der Waals surface area contributed by atoms with E-state index in [1.807, 2.05) is 24.3 Å². The van der Waals surface area contributed by atoms with Crippen molar-refractivity contribution in [2.75, 3.05) is 5.75 Å². The molecule has 0 radical (unpaired) electrons. The zero-order chi connectivity index (χ0) is 14.5. The van der Waals surface area contributed by atoms with Crippen LogP contribution in [0.4, 0.5) is 0 Å². The van der Waals surface area contributed by atoms with Crippen LogP contribution in [-0.4, -0.2) is 29.8 Å². The topological polar surface area (TPSA) is 55.4 Å². The Bertz CT molecular complexity index is 488. The number of carbonyl (C=O) groups excluding carboxylic acids is 2. The predicted octanol–water partition coefficient (Wildman–Crippen LogP) is 2.75. The highest BCUT2D eigenvalue weighted by Crippen LogP contribution is 2.21. The fraction of sp³-hybridized carbons (Fsp3) is 0.429. The minimum absolute atomic E-state index is 0.197. The lowest BCUT2D eigenvalue weighted by Crippen LogP contribution is -2.37. The maximum atomic E-state index is 11.7. The van der Waals surface area contributed by atoms with Crippen LogP contribution in [0, 0.1) is 0 Å². The van der Waals surface area contributed by atoms with Gasteiger partial charge in [-0.3, -0.25) is 9.59 Å². The van der Waals surface area contributed by atoms with Crippen molar-refractivity contribution >= 4 is 39.6 Å². The Labute approximate surface area is 130 Å². The molecular formula is C14H16BrNO3S. The Morgan fingerprint density at radius 1 is 1.40 bits per heavy atom. The first-order valence-electron chi connectivity index (χ1n) is 6.43. The molecule has 2 rings (SSSR count). The van der Waals surface area contributed by atoms with E-state index in [0.29, 0.717) is 0 Å². The smallest absolute Gasteiger partial charge is 0.317 e. The van der Waals surface area contributed by atoms with Gasteiger partial charge in [-0.15, -0.1) is 11.8 Å². The predicted molar refractivity (Wildman–Crippen MR) is 81.6 cm³/mol. The number of nitrogens with one attached hydrogen (secondary N) is 1. The number of benzene rings is 1. The summed E-state index contributed by atoms with van der Waals surface area (Å²) in [5.74, 6) is -0.395. The van der Waals surface area contributed by atoms with Crippen molar-refractivity contribution in [3.63, 3.8) is 0 Å². The quantitative estimate of drug-likeness (QED) is 0.628. The van der Waals surface area contributed by atoms with E-state index in [4.69, 9.17) is 4.74 Å². The van der Waals surface area contributed by atoms with Gasteiger partial charge in [0.05, 0.1) is 5.75 Å². The first-order valence-corrected chi connectivity index (χ1v) is 8.20. The second-order valence-corrected chi connectivity index (χ2v) is 6.62. The van der Waals surface area contributed by atoms with Crippen LogP contribution < -0.4 is 5.32 Å². The third-order valence-electron chi connectivity index (χ3n) is 2.77. The van der Waals surface area contributed by atoms with Crippen LogP contribution in [0.25, 0.3) is 0 Å². The molecule has 0 aliphatic heterocycles. The van der Waals surface area contributed by atoms with Crippen LogP contribution in [0.5, 0.6) is 0 Å². The number of carbonyl (C=O) groups is 2. The van der Waals surface area contributed by atoms with Crippen molar-refractivity contribution in [1.82, 2.24) is 5.32 Å². The highest BCUT2D eigenvalue weighted by molar-refractivity contribution is 9.10. The highest BCUT2D eigenvalue weighted by atomic mass is 79.9. The average Bonchev–Trinajstić information content (AvgIpc) is 3.22. The maximum absolute atomic E-state index is 11.7. The molecule has 1 N–H and O–H groups in total. The first-order chi connectivity index (χ1) is 9.54. The standard InChI is InChI=1S/C14H16BrNO3S/c1-9(14(18)16-11-4-5-11)19-13(17)8-20-12-6-2-10(15)3-7-12/h2-3,6-7,9,11H,4-5,8H2,1H3,(H,16,18). The van der Waals surface area contributed by atoms with Crippen molar-refractivity contribution in [2.45, 2.75) is 36.8 Å². The number of rotatable bonds is 6. The summed E-state index contributed by atoms with van der Waals surface area (Å²) in [6.45, 7) is 1.60. The second-order valence-electron chi connectivity index (χ2n) is 4.66. The summed E-state index contributed by atoms with van der Waals surface area (Å²) in [7, 11) is 0. The third kappa shape index (κ3) is 5.17. The molecule has 1 aliphatic rings. The molecule has 108 valence electrons. The van der Waals surface area contributed by atoms with Crippen LogP contribution in [0.3, 0.4) is 0 Å².